The summed E-state index contributed by atoms with van der Waals surface area (Å²) in [6.45, 7) is 0. The third kappa shape index (κ3) is 2.78. The summed E-state index contributed by atoms with van der Waals surface area (Å²) in [5.41, 5.74) is 0.989. The van der Waals surface area contributed by atoms with E-state index in [1.54, 1.807) is 18.2 Å². The molecule has 3 rings (SSSR count). The van der Waals surface area contributed by atoms with Gasteiger partial charge in [-0.2, -0.15) is 0 Å². The highest BCUT2D eigenvalue weighted by Gasteiger charge is 2.24. The minimum absolute atomic E-state index is 0.0379. The maximum Gasteiger partial charge on any atom is 0.357 e. The van der Waals surface area contributed by atoms with Gasteiger partial charge in [0.1, 0.15) is 22.5 Å². The van der Waals surface area contributed by atoms with Gasteiger partial charge >= 0.3 is 5.97 Å². The summed E-state index contributed by atoms with van der Waals surface area (Å²) in [5, 5.41) is 0. The summed E-state index contributed by atoms with van der Waals surface area (Å²) in [5.74, 6) is -0.146. The van der Waals surface area contributed by atoms with Gasteiger partial charge in [-0.25, -0.2) is 14.8 Å². The Kier molecular flexibility index (Phi) is 4.34. The number of nitrogens with one attached hydrogen (secondary N) is 1. The Morgan fingerprint density at radius 2 is 1.76 bits per heavy atom. The van der Waals surface area contributed by atoms with Crippen LogP contribution >= 0.6 is 0 Å². The number of aromatic amines is 1. The molecule has 2 heterocycles. The molecule has 128 valence electrons. The average molecular weight is 341 g/mol. The van der Waals surface area contributed by atoms with Crippen molar-refractivity contribution in [2.45, 2.75) is 0 Å². The lowest BCUT2D eigenvalue weighted by atomic mass is 10.1. The molecule has 1 N–H and O–H groups in total. The highest BCUT2D eigenvalue weighted by atomic mass is 16.5. The van der Waals surface area contributed by atoms with Crippen LogP contribution in [-0.2, 0) is 4.74 Å². The molecule has 0 bridgehead atoms. The third-order valence-corrected chi connectivity index (χ3v) is 3.66. The van der Waals surface area contributed by atoms with Crippen molar-refractivity contribution in [2.24, 2.45) is 0 Å². The number of benzene rings is 1. The average Bonchev–Trinajstić information content (AvgIpc) is 3.11. The van der Waals surface area contributed by atoms with Crippen LogP contribution in [0, 0.1) is 0 Å². The number of nitrogens with zero attached hydrogens (tertiary/aromatic N) is 2. The zero-order chi connectivity index (χ0) is 18.0. The Morgan fingerprint density at radius 1 is 1.04 bits per heavy atom. The van der Waals surface area contributed by atoms with Crippen LogP contribution in [0.15, 0.2) is 30.5 Å². The van der Waals surface area contributed by atoms with Crippen LogP contribution in [-0.4, -0.2) is 48.0 Å². The summed E-state index contributed by atoms with van der Waals surface area (Å²) in [6, 6.07) is 6.45. The molecule has 25 heavy (non-hydrogen) atoms. The van der Waals surface area contributed by atoms with Crippen molar-refractivity contribution in [3.63, 3.8) is 0 Å². The second-order valence-corrected chi connectivity index (χ2v) is 5.00. The Morgan fingerprint density at radius 3 is 2.44 bits per heavy atom. The number of carbonyl (C=O) groups is 2. The van der Waals surface area contributed by atoms with Gasteiger partial charge in [0.25, 0.3) is 0 Å². The molecule has 0 fully saturated rings. The van der Waals surface area contributed by atoms with Crippen molar-refractivity contribution in [3.8, 4) is 11.5 Å². The van der Waals surface area contributed by atoms with E-state index < -0.39 is 11.8 Å². The Labute approximate surface area is 142 Å². The van der Waals surface area contributed by atoms with Crippen LogP contribution in [0.2, 0.25) is 0 Å². The van der Waals surface area contributed by atoms with Gasteiger partial charge in [-0.05, 0) is 24.3 Å². The van der Waals surface area contributed by atoms with Crippen LogP contribution in [0.25, 0.3) is 11.0 Å². The van der Waals surface area contributed by atoms with Crippen molar-refractivity contribution in [2.75, 3.05) is 21.3 Å². The number of H-pyrrole nitrogens is 1. The first-order valence-corrected chi connectivity index (χ1v) is 7.29. The summed E-state index contributed by atoms with van der Waals surface area (Å²) >= 11 is 0. The quantitative estimate of drug-likeness (QED) is 0.559. The van der Waals surface area contributed by atoms with Crippen molar-refractivity contribution in [3.05, 3.63) is 47.5 Å². The topological polar surface area (TPSA) is 103 Å². The molecule has 0 atom stereocenters. The molecular formula is C17H15N3O5. The molecule has 0 aliphatic carbocycles. The minimum atomic E-state index is -0.699. The first-order valence-electron chi connectivity index (χ1n) is 7.29. The lowest BCUT2D eigenvalue weighted by Crippen LogP contribution is -2.14. The third-order valence-electron chi connectivity index (χ3n) is 3.66. The van der Waals surface area contributed by atoms with E-state index in [0.29, 0.717) is 22.5 Å². The lowest BCUT2D eigenvalue weighted by Gasteiger charge is -2.04. The SMILES string of the molecule is COC(=O)c1ncccc1C(=O)c1nc2c(OC)ccc(OC)c2[nH]1. The highest BCUT2D eigenvalue weighted by Crippen LogP contribution is 2.31. The van der Waals surface area contributed by atoms with Crippen LogP contribution < -0.4 is 9.47 Å². The van der Waals surface area contributed by atoms with Crippen molar-refractivity contribution < 1.29 is 23.8 Å². The van der Waals surface area contributed by atoms with E-state index >= 15 is 0 Å². The van der Waals surface area contributed by atoms with E-state index in [9.17, 15) is 9.59 Å². The van der Waals surface area contributed by atoms with Gasteiger partial charge in [-0.3, -0.25) is 4.79 Å². The highest BCUT2D eigenvalue weighted by molar-refractivity contribution is 6.13. The maximum absolute atomic E-state index is 12.8. The van der Waals surface area contributed by atoms with Gasteiger partial charge < -0.3 is 19.2 Å². The predicted octanol–water partition coefficient (Wildman–Crippen LogP) is 1.99. The molecule has 8 nitrogen and oxygen atoms in total. The Bertz CT molecular complexity index is 923. The molecule has 2 aromatic heterocycles. The second kappa shape index (κ2) is 6.60. The number of hydrogen-bond acceptors (Lipinski definition) is 7. The monoisotopic (exact) mass is 341 g/mol. The number of methoxy groups -OCH3 is 3. The zero-order valence-electron chi connectivity index (χ0n) is 13.8. The van der Waals surface area contributed by atoms with Gasteiger partial charge in [0.05, 0.1) is 26.9 Å². The number of aromatic nitrogens is 3. The largest absolute Gasteiger partial charge is 0.494 e. The van der Waals surface area contributed by atoms with E-state index in [4.69, 9.17) is 9.47 Å². The molecule has 3 aromatic rings. The van der Waals surface area contributed by atoms with Crippen LogP contribution in [0.3, 0.4) is 0 Å². The summed E-state index contributed by atoms with van der Waals surface area (Å²) in [6.07, 6.45) is 1.41. The van der Waals surface area contributed by atoms with E-state index in [0.717, 1.165) is 0 Å². The van der Waals surface area contributed by atoms with Crippen molar-refractivity contribution in [1.29, 1.82) is 0 Å². The first kappa shape index (κ1) is 16.4. The van der Waals surface area contributed by atoms with Gasteiger partial charge in [0, 0.05) is 6.20 Å². The van der Waals surface area contributed by atoms with E-state index in [1.807, 2.05) is 0 Å². The maximum atomic E-state index is 12.8. The summed E-state index contributed by atoms with van der Waals surface area (Å²) < 4.78 is 15.2. The number of ketones is 1. The van der Waals surface area contributed by atoms with Gasteiger partial charge in [-0.15, -0.1) is 0 Å². The molecule has 1 aromatic carbocycles. The fraction of sp³-hybridized carbons (Fsp3) is 0.176. The normalized spacial score (nSPS) is 10.5. The fourth-order valence-corrected chi connectivity index (χ4v) is 2.46. The number of imidazole rings is 1. The first-order chi connectivity index (χ1) is 12.1. The number of esters is 1. The molecule has 8 heteroatoms. The standard InChI is InChI=1S/C17H15N3O5/c1-23-10-6-7-11(24-2)14-13(10)19-16(20-14)15(21)9-5-4-8-18-12(9)17(22)25-3/h4-8H,1-3H3,(H,19,20). The number of ether oxygens (including phenoxy) is 3. The Balaban J connectivity index is 2.15. The van der Waals surface area contributed by atoms with E-state index in [-0.39, 0.29) is 17.1 Å². The number of carbonyl (C=O) groups excluding carboxylic acids is 2. The summed E-state index contributed by atoms with van der Waals surface area (Å²) in [4.78, 5) is 35.8. The van der Waals surface area contributed by atoms with Crippen LogP contribution in [0.5, 0.6) is 11.5 Å². The molecule has 0 aliphatic rings. The second-order valence-electron chi connectivity index (χ2n) is 5.00. The fourth-order valence-electron chi connectivity index (χ4n) is 2.46. The predicted molar refractivity (Wildman–Crippen MR) is 88.2 cm³/mol. The molecule has 0 saturated carbocycles. The molecule has 0 aliphatic heterocycles. The van der Waals surface area contributed by atoms with Gasteiger partial charge in [-0.1, -0.05) is 0 Å². The van der Waals surface area contributed by atoms with E-state index in [2.05, 4.69) is 19.7 Å². The van der Waals surface area contributed by atoms with Gasteiger partial charge in [0.2, 0.25) is 5.78 Å². The molecular weight excluding hydrogens is 326 g/mol. The molecule has 0 spiro atoms. The molecule has 0 radical (unpaired) electrons. The molecule has 0 unspecified atom stereocenters. The lowest BCUT2D eigenvalue weighted by molar-refractivity contribution is 0.0590. The minimum Gasteiger partial charge on any atom is -0.494 e. The number of hydrogen-bond donors (Lipinski definition) is 1. The summed E-state index contributed by atoms with van der Waals surface area (Å²) in [7, 11) is 4.25. The smallest absolute Gasteiger partial charge is 0.357 e. The van der Waals surface area contributed by atoms with Crippen molar-refractivity contribution >= 4 is 22.8 Å². The van der Waals surface area contributed by atoms with E-state index in [1.165, 1.54) is 33.6 Å². The van der Waals surface area contributed by atoms with Crippen LogP contribution in [0.1, 0.15) is 26.7 Å². The molecule has 0 saturated heterocycles. The Hall–Kier alpha value is -3.42. The van der Waals surface area contributed by atoms with Crippen molar-refractivity contribution in [1.82, 2.24) is 15.0 Å². The number of rotatable bonds is 5. The number of pyridine rings is 1. The zero-order valence-corrected chi connectivity index (χ0v) is 13.8. The van der Waals surface area contributed by atoms with Gasteiger partial charge in [0.15, 0.2) is 11.5 Å². The number of fused-ring (bicyclic) bond motifs is 1. The molecule has 0 amide bonds. The van der Waals surface area contributed by atoms with Crippen LogP contribution in [0.4, 0.5) is 0 Å².